The third kappa shape index (κ3) is 3.82. The number of aromatic nitrogens is 1. The van der Waals surface area contributed by atoms with Gasteiger partial charge < -0.3 is 14.5 Å². The van der Waals surface area contributed by atoms with Crippen LogP contribution in [-0.2, 0) is 4.79 Å². The van der Waals surface area contributed by atoms with Crippen LogP contribution in [0.5, 0.6) is 5.75 Å². The molecular weight excluding hydrogens is 388 g/mol. The maximum atomic E-state index is 13.4. The number of rotatable bonds is 5. The van der Waals surface area contributed by atoms with E-state index >= 15 is 0 Å². The van der Waals surface area contributed by atoms with Crippen molar-refractivity contribution in [2.45, 2.75) is 20.8 Å². The Labute approximate surface area is 181 Å². The van der Waals surface area contributed by atoms with Gasteiger partial charge in [-0.25, -0.2) is 0 Å². The summed E-state index contributed by atoms with van der Waals surface area (Å²) in [7, 11) is 1.61. The Morgan fingerprint density at radius 3 is 2.23 bits per heavy atom. The van der Waals surface area contributed by atoms with Gasteiger partial charge in [-0.2, -0.15) is 0 Å². The molecule has 2 aromatic heterocycles. The SMILES string of the molecule is COc1ccc(-c2cc3ccccn3c2C(=O)C(=O)Nc2c(C)cc(C)cc2C)cc1. The molecule has 5 nitrogen and oxygen atoms in total. The lowest BCUT2D eigenvalue weighted by Crippen LogP contribution is -2.25. The van der Waals surface area contributed by atoms with Gasteiger partial charge in [-0.1, -0.05) is 35.9 Å². The third-order valence-electron chi connectivity index (χ3n) is 5.42. The first-order chi connectivity index (χ1) is 14.9. The van der Waals surface area contributed by atoms with Gasteiger partial charge in [0.25, 0.3) is 11.7 Å². The van der Waals surface area contributed by atoms with Crippen molar-refractivity contribution in [3.8, 4) is 16.9 Å². The van der Waals surface area contributed by atoms with Gasteiger partial charge in [0.2, 0.25) is 0 Å². The average Bonchev–Trinajstić information content (AvgIpc) is 3.15. The molecule has 0 fully saturated rings. The van der Waals surface area contributed by atoms with Crippen LogP contribution in [0.2, 0.25) is 0 Å². The molecule has 156 valence electrons. The fourth-order valence-electron chi connectivity index (χ4n) is 4.00. The topological polar surface area (TPSA) is 59.8 Å². The number of fused-ring (bicyclic) bond motifs is 1. The summed E-state index contributed by atoms with van der Waals surface area (Å²) in [6.07, 6.45) is 1.80. The number of anilines is 1. The number of carbonyl (C=O) groups is 2. The largest absolute Gasteiger partial charge is 0.497 e. The molecule has 0 saturated heterocycles. The molecule has 0 unspecified atom stereocenters. The average molecular weight is 412 g/mol. The van der Waals surface area contributed by atoms with Crippen molar-refractivity contribution in [1.29, 1.82) is 0 Å². The van der Waals surface area contributed by atoms with Crippen LogP contribution in [-0.4, -0.2) is 23.2 Å². The summed E-state index contributed by atoms with van der Waals surface area (Å²) in [6, 6.07) is 19.0. The van der Waals surface area contributed by atoms with Gasteiger partial charge in [0.05, 0.1) is 7.11 Å². The molecule has 1 N–H and O–H groups in total. The minimum Gasteiger partial charge on any atom is -0.497 e. The molecule has 2 aromatic carbocycles. The minimum absolute atomic E-state index is 0.334. The number of aryl methyl sites for hydroxylation is 3. The van der Waals surface area contributed by atoms with E-state index in [1.54, 1.807) is 17.7 Å². The van der Waals surface area contributed by atoms with E-state index in [4.69, 9.17) is 4.74 Å². The maximum absolute atomic E-state index is 13.4. The summed E-state index contributed by atoms with van der Waals surface area (Å²) in [4.78, 5) is 26.4. The van der Waals surface area contributed by atoms with Crippen LogP contribution >= 0.6 is 0 Å². The molecule has 4 aromatic rings. The number of hydrogen-bond acceptors (Lipinski definition) is 3. The van der Waals surface area contributed by atoms with Crippen molar-refractivity contribution >= 4 is 22.9 Å². The molecule has 0 spiro atoms. The summed E-state index contributed by atoms with van der Waals surface area (Å²) < 4.78 is 7.00. The Morgan fingerprint density at radius 1 is 0.903 bits per heavy atom. The number of hydrogen-bond donors (Lipinski definition) is 1. The van der Waals surface area contributed by atoms with E-state index in [9.17, 15) is 9.59 Å². The number of amides is 1. The van der Waals surface area contributed by atoms with Gasteiger partial charge in [-0.3, -0.25) is 9.59 Å². The minimum atomic E-state index is -0.659. The summed E-state index contributed by atoms with van der Waals surface area (Å²) in [5.41, 5.74) is 6.35. The number of nitrogens with zero attached hydrogens (tertiary/aromatic N) is 1. The zero-order valence-corrected chi connectivity index (χ0v) is 18.0. The predicted molar refractivity (Wildman–Crippen MR) is 123 cm³/mol. The Hall–Kier alpha value is -3.86. The van der Waals surface area contributed by atoms with Crippen molar-refractivity contribution in [3.05, 3.63) is 89.2 Å². The molecule has 5 heteroatoms. The first-order valence-corrected chi connectivity index (χ1v) is 10.1. The molecule has 31 heavy (non-hydrogen) atoms. The van der Waals surface area contributed by atoms with Crippen LogP contribution in [0.15, 0.2) is 66.9 Å². The van der Waals surface area contributed by atoms with E-state index in [-0.39, 0.29) is 0 Å². The number of nitrogens with one attached hydrogen (secondary N) is 1. The van der Waals surface area contributed by atoms with Crippen molar-refractivity contribution < 1.29 is 14.3 Å². The molecule has 0 bridgehead atoms. The molecule has 2 heterocycles. The maximum Gasteiger partial charge on any atom is 0.298 e. The zero-order chi connectivity index (χ0) is 22.1. The highest BCUT2D eigenvalue weighted by Crippen LogP contribution is 2.30. The smallest absolute Gasteiger partial charge is 0.298 e. The zero-order valence-electron chi connectivity index (χ0n) is 18.0. The van der Waals surface area contributed by atoms with Crippen molar-refractivity contribution in [2.24, 2.45) is 0 Å². The molecule has 0 aliphatic rings. The van der Waals surface area contributed by atoms with E-state index in [1.165, 1.54) is 0 Å². The van der Waals surface area contributed by atoms with Crippen molar-refractivity contribution in [3.63, 3.8) is 0 Å². The van der Waals surface area contributed by atoms with E-state index in [1.807, 2.05) is 81.4 Å². The van der Waals surface area contributed by atoms with Gasteiger partial charge >= 0.3 is 0 Å². The Morgan fingerprint density at radius 2 is 1.58 bits per heavy atom. The molecule has 1 amide bonds. The molecule has 0 radical (unpaired) electrons. The Kier molecular flexibility index (Phi) is 5.34. The summed E-state index contributed by atoms with van der Waals surface area (Å²) >= 11 is 0. The molecular formula is C26H24N2O3. The molecule has 0 aliphatic carbocycles. The van der Waals surface area contributed by atoms with Gasteiger partial charge in [-0.15, -0.1) is 0 Å². The lowest BCUT2D eigenvalue weighted by molar-refractivity contribution is -0.112. The fraction of sp³-hybridized carbons (Fsp3) is 0.154. The van der Waals surface area contributed by atoms with E-state index in [0.717, 1.165) is 33.5 Å². The number of methoxy groups -OCH3 is 1. The van der Waals surface area contributed by atoms with Gasteiger partial charge in [0, 0.05) is 23.0 Å². The number of Topliss-reactive ketones (excluding diaryl/α,β-unsaturated/α-hetero) is 1. The lowest BCUT2D eigenvalue weighted by atomic mass is 10.0. The quantitative estimate of drug-likeness (QED) is 0.354. The third-order valence-corrected chi connectivity index (χ3v) is 5.42. The summed E-state index contributed by atoms with van der Waals surface area (Å²) in [5.74, 6) is -0.520. The lowest BCUT2D eigenvalue weighted by Gasteiger charge is -2.13. The monoisotopic (exact) mass is 412 g/mol. The van der Waals surface area contributed by atoms with Crippen LogP contribution in [0, 0.1) is 20.8 Å². The standard InChI is InChI=1S/C26H24N2O3/c1-16-13-17(2)23(18(3)14-16)27-26(30)25(29)24-22(15-20-7-5-6-12-28(20)24)19-8-10-21(31-4)11-9-19/h5-15H,1-4H3,(H,27,30). The van der Waals surface area contributed by atoms with Crippen molar-refractivity contribution in [1.82, 2.24) is 4.40 Å². The van der Waals surface area contributed by atoms with E-state index < -0.39 is 11.7 Å². The molecule has 0 saturated carbocycles. The summed E-state index contributed by atoms with van der Waals surface area (Å²) in [5, 5.41) is 2.83. The Balaban J connectivity index is 1.77. The van der Waals surface area contributed by atoms with Crippen molar-refractivity contribution in [2.75, 3.05) is 12.4 Å². The van der Waals surface area contributed by atoms with Gasteiger partial charge in [0.15, 0.2) is 0 Å². The Bertz CT molecular complexity index is 1280. The van der Waals surface area contributed by atoms with E-state index in [2.05, 4.69) is 5.32 Å². The van der Waals surface area contributed by atoms with Crippen LogP contribution < -0.4 is 10.1 Å². The second-order valence-electron chi connectivity index (χ2n) is 7.69. The first-order valence-electron chi connectivity index (χ1n) is 10.1. The first kappa shape index (κ1) is 20.4. The van der Waals surface area contributed by atoms with Crippen LogP contribution in [0.3, 0.4) is 0 Å². The fourth-order valence-corrected chi connectivity index (χ4v) is 4.00. The highest BCUT2D eigenvalue weighted by Gasteiger charge is 2.25. The number of benzene rings is 2. The number of ether oxygens (including phenoxy) is 1. The number of ketones is 1. The second-order valence-corrected chi connectivity index (χ2v) is 7.69. The van der Waals surface area contributed by atoms with Crippen LogP contribution in [0.4, 0.5) is 5.69 Å². The van der Waals surface area contributed by atoms with Crippen LogP contribution in [0.1, 0.15) is 27.2 Å². The normalized spacial score (nSPS) is 10.8. The van der Waals surface area contributed by atoms with Gasteiger partial charge in [-0.05, 0) is 67.8 Å². The molecule has 0 aliphatic heterocycles. The van der Waals surface area contributed by atoms with Crippen LogP contribution in [0.25, 0.3) is 16.6 Å². The van der Waals surface area contributed by atoms with E-state index in [0.29, 0.717) is 16.9 Å². The summed E-state index contributed by atoms with van der Waals surface area (Å²) in [6.45, 7) is 5.86. The highest BCUT2D eigenvalue weighted by atomic mass is 16.5. The highest BCUT2D eigenvalue weighted by molar-refractivity contribution is 6.47. The second kappa shape index (κ2) is 8.11. The molecule has 0 atom stereocenters. The number of pyridine rings is 1. The predicted octanol–water partition coefficient (Wildman–Crippen LogP) is 5.36. The molecule has 4 rings (SSSR count). The number of carbonyl (C=O) groups excluding carboxylic acids is 2. The van der Waals surface area contributed by atoms with Gasteiger partial charge in [0.1, 0.15) is 11.4 Å².